The predicted octanol–water partition coefficient (Wildman–Crippen LogP) is 2.13. The molecule has 0 saturated heterocycles. The summed E-state index contributed by atoms with van der Waals surface area (Å²) in [5.41, 5.74) is 1.23. The summed E-state index contributed by atoms with van der Waals surface area (Å²) in [7, 11) is 0. The zero-order chi connectivity index (χ0) is 7.52. The van der Waals surface area contributed by atoms with Gasteiger partial charge in [-0.05, 0) is 18.9 Å². The highest BCUT2D eigenvalue weighted by atomic mass is 14.8. The number of aromatic nitrogens is 2. The third kappa shape index (κ3) is 1.39. The molecule has 0 bridgehead atoms. The SMILES string of the molecule is c1cc(C2CCCC2)ncn1. The Labute approximate surface area is 66.7 Å². The fraction of sp³-hybridized carbons (Fsp3) is 0.556. The van der Waals surface area contributed by atoms with Crippen molar-refractivity contribution >= 4 is 0 Å². The van der Waals surface area contributed by atoms with Crippen LogP contribution in [0, 0.1) is 0 Å². The molecule has 0 amide bonds. The van der Waals surface area contributed by atoms with Crippen molar-refractivity contribution in [1.29, 1.82) is 0 Å². The molecule has 0 atom stereocenters. The Balaban J connectivity index is 2.16. The Morgan fingerprint density at radius 3 is 2.73 bits per heavy atom. The van der Waals surface area contributed by atoms with Crippen LogP contribution in [0.4, 0.5) is 0 Å². The van der Waals surface area contributed by atoms with Crippen LogP contribution < -0.4 is 0 Å². The average Bonchev–Trinajstić information content (AvgIpc) is 2.58. The van der Waals surface area contributed by atoms with Crippen LogP contribution in [0.2, 0.25) is 0 Å². The quantitative estimate of drug-likeness (QED) is 0.609. The summed E-state index contributed by atoms with van der Waals surface area (Å²) in [6, 6.07) is 2.04. The number of hydrogen-bond donors (Lipinski definition) is 0. The second kappa shape index (κ2) is 2.99. The third-order valence-electron chi connectivity index (χ3n) is 2.38. The van der Waals surface area contributed by atoms with Crippen LogP contribution in [-0.4, -0.2) is 9.97 Å². The van der Waals surface area contributed by atoms with E-state index in [0.29, 0.717) is 0 Å². The minimum Gasteiger partial charge on any atom is -0.245 e. The predicted molar refractivity (Wildman–Crippen MR) is 43.2 cm³/mol. The third-order valence-corrected chi connectivity index (χ3v) is 2.38. The minimum absolute atomic E-state index is 0.720. The summed E-state index contributed by atoms with van der Waals surface area (Å²) in [6.07, 6.45) is 8.85. The summed E-state index contributed by atoms with van der Waals surface area (Å²) in [5, 5.41) is 0. The topological polar surface area (TPSA) is 25.8 Å². The standard InChI is InChI=1S/C9H12N2/c1-2-4-8(3-1)9-5-6-10-7-11-9/h5-8H,1-4H2. The molecular formula is C9H12N2. The lowest BCUT2D eigenvalue weighted by Crippen LogP contribution is -1.95. The van der Waals surface area contributed by atoms with Crippen molar-refractivity contribution in [2.24, 2.45) is 0 Å². The molecule has 0 aliphatic heterocycles. The van der Waals surface area contributed by atoms with Crippen LogP contribution >= 0.6 is 0 Å². The first-order valence-electron chi connectivity index (χ1n) is 4.23. The Morgan fingerprint density at radius 1 is 1.27 bits per heavy atom. The molecule has 1 aromatic rings. The van der Waals surface area contributed by atoms with E-state index in [0.717, 1.165) is 5.92 Å². The van der Waals surface area contributed by atoms with Gasteiger partial charge < -0.3 is 0 Å². The molecular weight excluding hydrogens is 136 g/mol. The molecule has 1 fully saturated rings. The molecule has 1 aliphatic carbocycles. The highest BCUT2D eigenvalue weighted by molar-refractivity contribution is 5.06. The van der Waals surface area contributed by atoms with Crippen molar-refractivity contribution in [3.63, 3.8) is 0 Å². The maximum absolute atomic E-state index is 4.25. The monoisotopic (exact) mass is 148 g/mol. The fourth-order valence-electron chi connectivity index (χ4n) is 1.76. The molecule has 1 aromatic heterocycles. The number of hydrogen-bond acceptors (Lipinski definition) is 2. The van der Waals surface area contributed by atoms with Crippen LogP contribution in [0.3, 0.4) is 0 Å². The van der Waals surface area contributed by atoms with Gasteiger partial charge in [0.1, 0.15) is 6.33 Å². The molecule has 0 unspecified atom stereocenters. The summed E-state index contributed by atoms with van der Waals surface area (Å²) in [5.74, 6) is 0.720. The van der Waals surface area contributed by atoms with Crippen LogP contribution in [0.25, 0.3) is 0 Å². The lowest BCUT2D eigenvalue weighted by molar-refractivity contribution is 0.694. The number of nitrogens with zero attached hydrogens (tertiary/aromatic N) is 2. The van der Waals surface area contributed by atoms with E-state index in [1.807, 2.05) is 12.3 Å². The maximum atomic E-state index is 4.25. The van der Waals surface area contributed by atoms with Gasteiger partial charge in [0.25, 0.3) is 0 Å². The van der Waals surface area contributed by atoms with E-state index in [1.54, 1.807) is 6.33 Å². The molecule has 2 nitrogen and oxygen atoms in total. The molecule has 0 aromatic carbocycles. The zero-order valence-electron chi connectivity index (χ0n) is 6.53. The molecule has 0 N–H and O–H groups in total. The van der Waals surface area contributed by atoms with E-state index in [-0.39, 0.29) is 0 Å². The summed E-state index contributed by atoms with van der Waals surface area (Å²) in [4.78, 5) is 8.16. The van der Waals surface area contributed by atoms with Gasteiger partial charge in [-0.15, -0.1) is 0 Å². The summed E-state index contributed by atoms with van der Waals surface area (Å²) < 4.78 is 0. The molecule has 0 spiro atoms. The maximum Gasteiger partial charge on any atom is 0.115 e. The fourth-order valence-corrected chi connectivity index (χ4v) is 1.76. The largest absolute Gasteiger partial charge is 0.245 e. The van der Waals surface area contributed by atoms with E-state index in [1.165, 1.54) is 31.4 Å². The second-order valence-electron chi connectivity index (χ2n) is 3.12. The normalized spacial score (nSPS) is 18.9. The van der Waals surface area contributed by atoms with E-state index < -0.39 is 0 Å². The van der Waals surface area contributed by atoms with Crippen molar-refractivity contribution < 1.29 is 0 Å². The van der Waals surface area contributed by atoms with E-state index >= 15 is 0 Å². The van der Waals surface area contributed by atoms with Gasteiger partial charge in [-0.3, -0.25) is 0 Å². The van der Waals surface area contributed by atoms with Crippen molar-refractivity contribution in [1.82, 2.24) is 9.97 Å². The molecule has 1 saturated carbocycles. The molecule has 58 valence electrons. The second-order valence-corrected chi connectivity index (χ2v) is 3.12. The highest BCUT2D eigenvalue weighted by Gasteiger charge is 2.17. The van der Waals surface area contributed by atoms with E-state index in [9.17, 15) is 0 Å². The summed E-state index contributed by atoms with van der Waals surface area (Å²) >= 11 is 0. The Morgan fingerprint density at radius 2 is 2.09 bits per heavy atom. The van der Waals surface area contributed by atoms with Crippen molar-refractivity contribution in [3.8, 4) is 0 Å². The lowest BCUT2D eigenvalue weighted by atomic mass is 10.0. The van der Waals surface area contributed by atoms with E-state index in [2.05, 4.69) is 9.97 Å². The van der Waals surface area contributed by atoms with E-state index in [4.69, 9.17) is 0 Å². The molecule has 1 heterocycles. The average molecular weight is 148 g/mol. The first-order valence-corrected chi connectivity index (χ1v) is 4.23. The van der Waals surface area contributed by atoms with Crippen molar-refractivity contribution in [2.45, 2.75) is 31.6 Å². The molecule has 2 heteroatoms. The van der Waals surface area contributed by atoms with Crippen LogP contribution in [0.15, 0.2) is 18.6 Å². The highest BCUT2D eigenvalue weighted by Crippen LogP contribution is 2.32. The van der Waals surface area contributed by atoms with Crippen LogP contribution in [0.1, 0.15) is 37.3 Å². The molecule has 11 heavy (non-hydrogen) atoms. The first kappa shape index (κ1) is 6.77. The van der Waals surface area contributed by atoms with Gasteiger partial charge in [-0.2, -0.15) is 0 Å². The molecule has 1 aliphatic rings. The van der Waals surface area contributed by atoms with Gasteiger partial charge in [-0.1, -0.05) is 12.8 Å². The Kier molecular flexibility index (Phi) is 1.84. The molecule has 0 radical (unpaired) electrons. The van der Waals surface area contributed by atoms with Crippen molar-refractivity contribution in [2.75, 3.05) is 0 Å². The van der Waals surface area contributed by atoms with Gasteiger partial charge >= 0.3 is 0 Å². The Hall–Kier alpha value is -0.920. The number of rotatable bonds is 1. The molecule has 2 rings (SSSR count). The Bertz CT molecular complexity index is 214. The van der Waals surface area contributed by atoms with Gasteiger partial charge in [0, 0.05) is 17.8 Å². The van der Waals surface area contributed by atoms with Crippen LogP contribution in [-0.2, 0) is 0 Å². The lowest BCUT2D eigenvalue weighted by Gasteiger charge is -2.05. The van der Waals surface area contributed by atoms with Gasteiger partial charge in [-0.25, -0.2) is 9.97 Å². The van der Waals surface area contributed by atoms with Gasteiger partial charge in [0.2, 0.25) is 0 Å². The van der Waals surface area contributed by atoms with Gasteiger partial charge in [0.05, 0.1) is 0 Å². The smallest absolute Gasteiger partial charge is 0.115 e. The first-order chi connectivity index (χ1) is 5.47. The minimum atomic E-state index is 0.720. The summed E-state index contributed by atoms with van der Waals surface area (Å²) in [6.45, 7) is 0. The van der Waals surface area contributed by atoms with Crippen LogP contribution in [0.5, 0.6) is 0 Å². The zero-order valence-corrected chi connectivity index (χ0v) is 6.53. The van der Waals surface area contributed by atoms with Crippen molar-refractivity contribution in [3.05, 3.63) is 24.3 Å². The van der Waals surface area contributed by atoms with Gasteiger partial charge in [0.15, 0.2) is 0 Å².